The summed E-state index contributed by atoms with van der Waals surface area (Å²) in [6.07, 6.45) is 0. The van der Waals surface area contributed by atoms with E-state index in [4.69, 9.17) is 5.73 Å². The summed E-state index contributed by atoms with van der Waals surface area (Å²) in [5.74, 6) is -0.0138. The minimum absolute atomic E-state index is 0.0138. The van der Waals surface area contributed by atoms with Gasteiger partial charge in [0.15, 0.2) is 0 Å². The Balaban J connectivity index is 2.49. The van der Waals surface area contributed by atoms with E-state index in [1.165, 1.54) is 0 Å². The number of nitrogens with one attached hydrogen (secondary N) is 1. The molecule has 0 saturated carbocycles. The molecule has 0 saturated heterocycles. The smallest absolute Gasteiger partial charge is 0.238 e. The van der Waals surface area contributed by atoms with Gasteiger partial charge in [0.1, 0.15) is 0 Å². The molecular weight excluding hydrogens is 317 g/mol. The van der Waals surface area contributed by atoms with Gasteiger partial charge >= 0.3 is 0 Å². The van der Waals surface area contributed by atoms with Crippen LogP contribution in [0.5, 0.6) is 0 Å². The zero-order chi connectivity index (χ0) is 12.0. The summed E-state index contributed by atoms with van der Waals surface area (Å²) in [5, 5.41) is 2.87. The molecule has 3 N–H and O–H groups in total. The molecule has 0 fully saturated rings. The first-order chi connectivity index (χ1) is 7.63. The summed E-state index contributed by atoms with van der Waals surface area (Å²) >= 11 is 2.20. The number of likely N-dealkylation sites (N-methyl/N-ethyl adjacent to an activating group) is 1. The number of anilines is 1. The maximum atomic E-state index is 11.7. The fourth-order valence-electron chi connectivity index (χ4n) is 1.30. The molecular formula is C11H16IN3O. The summed E-state index contributed by atoms with van der Waals surface area (Å²) in [6, 6.07) is 7.70. The van der Waals surface area contributed by atoms with Gasteiger partial charge in [0.05, 0.1) is 12.2 Å². The number of carbonyl (C=O) groups excluding carboxylic acids is 1. The number of nitrogens with zero attached hydrogens (tertiary/aromatic N) is 1. The van der Waals surface area contributed by atoms with Gasteiger partial charge in [0, 0.05) is 16.7 Å². The number of rotatable bonds is 5. The molecule has 1 aromatic rings. The average Bonchev–Trinajstić information content (AvgIpc) is 2.21. The highest BCUT2D eigenvalue weighted by atomic mass is 127. The molecule has 0 heterocycles. The van der Waals surface area contributed by atoms with Gasteiger partial charge in [-0.05, 0) is 41.8 Å². The van der Waals surface area contributed by atoms with Crippen molar-refractivity contribution in [1.29, 1.82) is 0 Å². The van der Waals surface area contributed by atoms with Gasteiger partial charge in [-0.1, -0.05) is 12.1 Å². The van der Waals surface area contributed by atoms with Crippen molar-refractivity contribution in [2.75, 3.05) is 32.0 Å². The maximum absolute atomic E-state index is 11.7. The minimum atomic E-state index is -0.0138. The average molecular weight is 333 g/mol. The Morgan fingerprint density at radius 3 is 2.81 bits per heavy atom. The highest BCUT2D eigenvalue weighted by Crippen LogP contribution is 2.16. The van der Waals surface area contributed by atoms with Crippen LogP contribution in [-0.2, 0) is 4.79 Å². The van der Waals surface area contributed by atoms with Crippen LogP contribution in [-0.4, -0.2) is 37.5 Å². The molecule has 0 bridgehead atoms. The number of para-hydroxylation sites is 1. The second kappa shape index (κ2) is 6.82. The summed E-state index contributed by atoms with van der Waals surface area (Å²) in [7, 11) is 1.88. The topological polar surface area (TPSA) is 58.4 Å². The van der Waals surface area contributed by atoms with Crippen LogP contribution in [0.2, 0.25) is 0 Å². The monoisotopic (exact) mass is 333 g/mol. The Kier molecular flexibility index (Phi) is 5.72. The van der Waals surface area contributed by atoms with Crippen LogP contribution in [0.3, 0.4) is 0 Å². The van der Waals surface area contributed by atoms with E-state index in [9.17, 15) is 4.79 Å². The molecule has 88 valence electrons. The van der Waals surface area contributed by atoms with Gasteiger partial charge in [-0.2, -0.15) is 0 Å². The van der Waals surface area contributed by atoms with E-state index in [-0.39, 0.29) is 5.91 Å². The number of nitrogens with two attached hydrogens (primary N) is 1. The van der Waals surface area contributed by atoms with E-state index in [1.54, 1.807) is 0 Å². The maximum Gasteiger partial charge on any atom is 0.238 e. The first-order valence-corrected chi connectivity index (χ1v) is 6.14. The molecule has 4 nitrogen and oxygen atoms in total. The molecule has 0 aliphatic heterocycles. The molecule has 0 spiro atoms. The van der Waals surface area contributed by atoms with Gasteiger partial charge in [-0.25, -0.2) is 0 Å². The second-order valence-electron chi connectivity index (χ2n) is 3.55. The number of carbonyl (C=O) groups is 1. The van der Waals surface area contributed by atoms with E-state index in [2.05, 4.69) is 27.9 Å². The van der Waals surface area contributed by atoms with Crippen LogP contribution in [0.4, 0.5) is 5.69 Å². The Labute approximate surface area is 109 Å². The molecule has 0 atom stereocenters. The van der Waals surface area contributed by atoms with Crippen LogP contribution in [0.1, 0.15) is 0 Å². The normalized spacial score (nSPS) is 10.5. The summed E-state index contributed by atoms with van der Waals surface area (Å²) in [5.41, 5.74) is 6.26. The third-order valence-electron chi connectivity index (χ3n) is 2.07. The molecule has 0 aliphatic carbocycles. The molecule has 5 heteroatoms. The van der Waals surface area contributed by atoms with Gasteiger partial charge < -0.3 is 11.1 Å². The zero-order valence-corrected chi connectivity index (χ0v) is 11.4. The number of halogens is 1. The first kappa shape index (κ1) is 13.4. The number of hydrogen-bond donors (Lipinski definition) is 2. The molecule has 1 amide bonds. The zero-order valence-electron chi connectivity index (χ0n) is 9.24. The Bertz CT molecular complexity index is 357. The van der Waals surface area contributed by atoms with Crippen LogP contribution in [0.25, 0.3) is 0 Å². The summed E-state index contributed by atoms with van der Waals surface area (Å²) < 4.78 is 1.04. The van der Waals surface area contributed by atoms with E-state index in [0.717, 1.165) is 15.8 Å². The largest absolute Gasteiger partial charge is 0.329 e. The van der Waals surface area contributed by atoms with Gasteiger partial charge in [0.25, 0.3) is 0 Å². The third kappa shape index (κ3) is 4.46. The van der Waals surface area contributed by atoms with Crippen molar-refractivity contribution in [2.24, 2.45) is 5.73 Å². The number of hydrogen-bond acceptors (Lipinski definition) is 3. The molecule has 0 radical (unpaired) electrons. The van der Waals surface area contributed by atoms with Crippen LogP contribution in [0, 0.1) is 3.57 Å². The van der Waals surface area contributed by atoms with Gasteiger partial charge in [0.2, 0.25) is 5.91 Å². The third-order valence-corrected chi connectivity index (χ3v) is 3.01. The number of benzene rings is 1. The minimum Gasteiger partial charge on any atom is -0.329 e. The quantitative estimate of drug-likeness (QED) is 0.794. The lowest BCUT2D eigenvalue weighted by Gasteiger charge is -2.15. The van der Waals surface area contributed by atoms with Crippen LogP contribution >= 0.6 is 22.6 Å². The molecule has 0 aliphatic rings. The lowest BCUT2D eigenvalue weighted by atomic mass is 10.3. The second-order valence-corrected chi connectivity index (χ2v) is 4.72. The molecule has 1 rings (SSSR count). The predicted molar refractivity (Wildman–Crippen MR) is 74.3 cm³/mol. The van der Waals surface area contributed by atoms with Crippen LogP contribution < -0.4 is 11.1 Å². The Morgan fingerprint density at radius 2 is 2.19 bits per heavy atom. The predicted octanol–water partition coefficient (Wildman–Crippen LogP) is 1.12. The lowest BCUT2D eigenvalue weighted by molar-refractivity contribution is -0.117. The SMILES string of the molecule is CN(CCN)CC(=O)Nc1ccccc1I. The highest BCUT2D eigenvalue weighted by Gasteiger charge is 2.07. The van der Waals surface area contributed by atoms with Crippen molar-refractivity contribution >= 4 is 34.2 Å². The van der Waals surface area contributed by atoms with Crippen molar-refractivity contribution in [3.05, 3.63) is 27.8 Å². The molecule has 16 heavy (non-hydrogen) atoms. The van der Waals surface area contributed by atoms with E-state index >= 15 is 0 Å². The van der Waals surface area contributed by atoms with Crippen molar-refractivity contribution in [2.45, 2.75) is 0 Å². The van der Waals surface area contributed by atoms with Crippen molar-refractivity contribution in [1.82, 2.24) is 4.90 Å². The van der Waals surface area contributed by atoms with Crippen molar-refractivity contribution < 1.29 is 4.79 Å². The fourth-order valence-corrected chi connectivity index (χ4v) is 1.82. The summed E-state index contributed by atoms with van der Waals surface area (Å²) in [6.45, 7) is 1.65. The van der Waals surface area contributed by atoms with E-state index < -0.39 is 0 Å². The molecule has 1 aromatic carbocycles. The van der Waals surface area contributed by atoms with Crippen LogP contribution in [0.15, 0.2) is 24.3 Å². The van der Waals surface area contributed by atoms with Gasteiger partial charge in [-0.15, -0.1) is 0 Å². The van der Waals surface area contributed by atoms with Crippen molar-refractivity contribution in [3.63, 3.8) is 0 Å². The molecule has 0 aromatic heterocycles. The molecule has 0 unspecified atom stereocenters. The summed E-state index contributed by atoms with van der Waals surface area (Å²) in [4.78, 5) is 13.5. The number of amides is 1. The van der Waals surface area contributed by atoms with Gasteiger partial charge in [-0.3, -0.25) is 9.69 Å². The standard InChI is InChI=1S/C11H16IN3O/c1-15(7-6-13)8-11(16)14-10-5-3-2-4-9(10)12/h2-5H,6-8,13H2,1H3,(H,14,16). The Morgan fingerprint density at radius 1 is 1.50 bits per heavy atom. The highest BCUT2D eigenvalue weighted by molar-refractivity contribution is 14.1. The lowest BCUT2D eigenvalue weighted by Crippen LogP contribution is -2.33. The van der Waals surface area contributed by atoms with E-state index in [1.807, 2.05) is 36.2 Å². The first-order valence-electron chi connectivity index (χ1n) is 5.06. The fraction of sp³-hybridized carbons (Fsp3) is 0.364. The Hall–Kier alpha value is -0.660. The van der Waals surface area contributed by atoms with E-state index in [0.29, 0.717) is 13.1 Å². The van der Waals surface area contributed by atoms with Crippen molar-refractivity contribution in [3.8, 4) is 0 Å².